The Labute approximate surface area is 107 Å². The first-order chi connectivity index (χ1) is 8.60. The van der Waals surface area contributed by atoms with Crippen LogP contribution < -0.4 is 5.32 Å². The summed E-state index contributed by atoms with van der Waals surface area (Å²) in [5.74, 6) is -1.17. The SMILES string of the molecule is N#Cc1cc(Cl)ccc1Nc1cc(F)ccc1F. The lowest BCUT2D eigenvalue weighted by Crippen LogP contribution is -1.97. The highest BCUT2D eigenvalue weighted by Gasteiger charge is 2.07. The van der Waals surface area contributed by atoms with Gasteiger partial charge in [0.15, 0.2) is 0 Å². The summed E-state index contributed by atoms with van der Waals surface area (Å²) >= 11 is 5.74. The Kier molecular flexibility index (Phi) is 3.45. The van der Waals surface area contributed by atoms with Crippen LogP contribution in [0.2, 0.25) is 5.02 Å². The quantitative estimate of drug-likeness (QED) is 0.881. The Bertz CT molecular complexity index is 635. The van der Waals surface area contributed by atoms with Crippen LogP contribution in [0.1, 0.15) is 5.56 Å². The van der Waals surface area contributed by atoms with Crippen molar-refractivity contribution in [3.63, 3.8) is 0 Å². The number of benzene rings is 2. The molecule has 18 heavy (non-hydrogen) atoms. The van der Waals surface area contributed by atoms with Crippen molar-refractivity contribution in [2.24, 2.45) is 0 Å². The van der Waals surface area contributed by atoms with Crippen molar-refractivity contribution >= 4 is 23.0 Å². The van der Waals surface area contributed by atoms with Gasteiger partial charge in [0.05, 0.1) is 16.9 Å². The van der Waals surface area contributed by atoms with Gasteiger partial charge in [0.2, 0.25) is 0 Å². The normalized spacial score (nSPS) is 9.89. The predicted octanol–water partition coefficient (Wildman–Crippen LogP) is 4.23. The largest absolute Gasteiger partial charge is 0.352 e. The number of halogens is 3. The minimum atomic E-state index is -0.602. The number of hydrogen-bond donors (Lipinski definition) is 1. The third-order valence-corrected chi connectivity index (χ3v) is 2.53. The number of nitrogens with zero attached hydrogens (tertiary/aromatic N) is 1. The first-order valence-corrected chi connectivity index (χ1v) is 5.39. The maximum Gasteiger partial charge on any atom is 0.146 e. The summed E-state index contributed by atoms with van der Waals surface area (Å²) in [6, 6.07) is 9.52. The van der Waals surface area contributed by atoms with Crippen LogP contribution in [0.3, 0.4) is 0 Å². The van der Waals surface area contributed by atoms with E-state index in [1.54, 1.807) is 6.07 Å². The van der Waals surface area contributed by atoms with Crippen LogP contribution in [0.4, 0.5) is 20.2 Å². The zero-order chi connectivity index (χ0) is 13.1. The molecule has 0 aromatic heterocycles. The second kappa shape index (κ2) is 5.03. The fraction of sp³-hybridized carbons (Fsp3) is 0. The molecule has 90 valence electrons. The number of nitriles is 1. The highest BCUT2D eigenvalue weighted by Crippen LogP contribution is 2.25. The van der Waals surface area contributed by atoms with Gasteiger partial charge in [-0.05, 0) is 30.3 Å². The number of nitrogens with one attached hydrogen (secondary N) is 1. The van der Waals surface area contributed by atoms with Crippen molar-refractivity contribution in [1.82, 2.24) is 0 Å². The summed E-state index contributed by atoms with van der Waals surface area (Å²) in [6.45, 7) is 0. The van der Waals surface area contributed by atoms with Gasteiger partial charge in [-0.3, -0.25) is 0 Å². The molecule has 0 aliphatic rings. The molecule has 0 heterocycles. The van der Waals surface area contributed by atoms with E-state index in [9.17, 15) is 8.78 Å². The smallest absolute Gasteiger partial charge is 0.146 e. The Morgan fingerprint density at radius 1 is 1.06 bits per heavy atom. The molecule has 5 heteroatoms. The number of hydrogen-bond acceptors (Lipinski definition) is 2. The van der Waals surface area contributed by atoms with Crippen LogP contribution in [-0.4, -0.2) is 0 Å². The highest BCUT2D eigenvalue weighted by atomic mass is 35.5. The Hall–Kier alpha value is -2.12. The van der Waals surface area contributed by atoms with Gasteiger partial charge in [-0.15, -0.1) is 0 Å². The molecule has 2 rings (SSSR count). The van der Waals surface area contributed by atoms with Crippen molar-refractivity contribution < 1.29 is 8.78 Å². The molecule has 0 bridgehead atoms. The molecule has 2 nitrogen and oxygen atoms in total. The molecule has 2 aromatic rings. The average molecular weight is 265 g/mol. The fourth-order valence-corrected chi connectivity index (χ4v) is 1.63. The Morgan fingerprint density at radius 2 is 1.83 bits per heavy atom. The molecule has 0 aliphatic heterocycles. The van der Waals surface area contributed by atoms with Crippen LogP contribution in [-0.2, 0) is 0 Å². The summed E-state index contributed by atoms with van der Waals surface area (Å²) in [4.78, 5) is 0. The summed E-state index contributed by atoms with van der Waals surface area (Å²) < 4.78 is 26.4. The number of rotatable bonds is 2. The van der Waals surface area contributed by atoms with Gasteiger partial charge >= 0.3 is 0 Å². The molecule has 0 amide bonds. The summed E-state index contributed by atoms with van der Waals surface area (Å²) in [7, 11) is 0. The molecular weight excluding hydrogens is 258 g/mol. The third-order valence-electron chi connectivity index (χ3n) is 2.30. The van der Waals surface area contributed by atoms with E-state index in [-0.39, 0.29) is 11.3 Å². The van der Waals surface area contributed by atoms with Crippen molar-refractivity contribution in [1.29, 1.82) is 5.26 Å². The molecule has 0 unspecified atom stereocenters. The molecule has 0 saturated carbocycles. The molecule has 0 radical (unpaired) electrons. The average Bonchev–Trinajstić information content (AvgIpc) is 2.36. The second-order valence-electron chi connectivity index (χ2n) is 3.55. The second-order valence-corrected chi connectivity index (χ2v) is 3.99. The van der Waals surface area contributed by atoms with E-state index >= 15 is 0 Å². The van der Waals surface area contributed by atoms with Gasteiger partial charge in [-0.25, -0.2) is 8.78 Å². The highest BCUT2D eigenvalue weighted by molar-refractivity contribution is 6.30. The van der Waals surface area contributed by atoms with E-state index < -0.39 is 11.6 Å². The van der Waals surface area contributed by atoms with E-state index in [0.717, 1.165) is 18.2 Å². The van der Waals surface area contributed by atoms with Crippen LogP contribution >= 0.6 is 11.6 Å². The molecule has 0 spiro atoms. The standard InChI is InChI=1S/C13H7ClF2N2/c14-9-1-4-12(8(5-9)7-17)18-13-6-10(15)2-3-11(13)16/h1-6,18H. The van der Waals surface area contributed by atoms with E-state index in [4.69, 9.17) is 16.9 Å². The van der Waals surface area contributed by atoms with Crippen LogP contribution in [0.5, 0.6) is 0 Å². The van der Waals surface area contributed by atoms with E-state index in [1.165, 1.54) is 12.1 Å². The lowest BCUT2D eigenvalue weighted by Gasteiger charge is -2.09. The van der Waals surface area contributed by atoms with Gasteiger partial charge in [-0.2, -0.15) is 5.26 Å². The third kappa shape index (κ3) is 2.58. The maximum atomic E-state index is 13.4. The first-order valence-electron chi connectivity index (χ1n) is 5.02. The van der Waals surface area contributed by atoms with Crippen LogP contribution in [0.15, 0.2) is 36.4 Å². The zero-order valence-corrected chi connectivity index (χ0v) is 9.80. The monoisotopic (exact) mass is 264 g/mol. The van der Waals surface area contributed by atoms with Crippen molar-refractivity contribution in [2.45, 2.75) is 0 Å². The van der Waals surface area contributed by atoms with Crippen molar-refractivity contribution in [2.75, 3.05) is 5.32 Å². The van der Waals surface area contributed by atoms with E-state index in [2.05, 4.69) is 5.32 Å². The van der Waals surface area contributed by atoms with Crippen LogP contribution in [0.25, 0.3) is 0 Å². The van der Waals surface area contributed by atoms with Gasteiger partial charge in [0.1, 0.15) is 17.7 Å². The van der Waals surface area contributed by atoms with Gasteiger partial charge in [0.25, 0.3) is 0 Å². The van der Waals surface area contributed by atoms with E-state index in [0.29, 0.717) is 10.7 Å². The molecule has 0 aliphatic carbocycles. The van der Waals surface area contributed by atoms with Gasteiger partial charge in [-0.1, -0.05) is 11.6 Å². The lowest BCUT2D eigenvalue weighted by molar-refractivity contribution is 0.603. The molecular formula is C13H7ClF2N2. The van der Waals surface area contributed by atoms with E-state index in [1.807, 2.05) is 6.07 Å². The molecule has 0 atom stereocenters. The summed E-state index contributed by atoms with van der Waals surface area (Å²) in [6.07, 6.45) is 0. The Balaban J connectivity index is 2.40. The number of anilines is 2. The molecule has 2 aromatic carbocycles. The molecule has 0 saturated heterocycles. The minimum absolute atomic E-state index is 0.0335. The Morgan fingerprint density at radius 3 is 2.56 bits per heavy atom. The first kappa shape index (κ1) is 12.3. The molecule has 1 N–H and O–H groups in total. The zero-order valence-electron chi connectivity index (χ0n) is 9.05. The van der Waals surface area contributed by atoms with Crippen molar-refractivity contribution in [3.05, 3.63) is 58.6 Å². The topological polar surface area (TPSA) is 35.8 Å². The van der Waals surface area contributed by atoms with Gasteiger partial charge < -0.3 is 5.32 Å². The fourth-order valence-electron chi connectivity index (χ4n) is 1.46. The maximum absolute atomic E-state index is 13.4. The lowest BCUT2D eigenvalue weighted by atomic mass is 10.2. The summed E-state index contributed by atoms with van der Waals surface area (Å²) in [5.41, 5.74) is 0.589. The van der Waals surface area contributed by atoms with Crippen LogP contribution in [0, 0.1) is 23.0 Å². The molecule has 0 fully saturated rings. The predicted molar refractivity (Wildman–Crippen MR) is 65.8 cm³/mol. The van der Waals surface area contributed by atoms with Gasteiger partial charge in [0, 0.05) is 11.1 Å². The summed E-state index contributed by atoms with van der Waals surface area (Å²) in [5, 5.41) is 12.0. The van der Waals surface area contributed by atoms with Crippen molar-refractivity contribution in [3.8, 4) is 6.07 Å². The minimum Gasteiger partial charge on any atom is -0.352 e.